The van der Waals surface area contributed by atoms with E-state index in [9.17, 15) is 21.6 Å². The van der Waals surface area contributed by atoms with Crippen LogP contribution in [0.2, 0.25) is 0 Å². The van der Waals surface area contributed by atoms with Crippen molar-refractivity contribution >= 4 is 15.7 Å². The monoisotopic (exact) mass is 506 g/mol. The van der Waals surface area contributed by atoms with Gasteiger partial charge < -0.3 is 9.64 Å². The maximum atomic E-state index is 14.2. The van der Waals surface area contributed by atoms with E-state index in [0.717, 1.165) is 11.1 Å². The molecule has 188 valence electrons. The van der Waals surface area contributed by atoms with E-state index in [4.69, 9.17) is 4.74 Å². The van der Waals surface area contributed by atoms with E-state index in [-0.39, 0.29) is 11.4 Å². The second-order valence-corrected chi connectivity index (χ2v) is 10.2. The van der Waals surface area contributed by atoms with Crippen LogP contribution in [0.15, 0.2) is 71.6 Å². The lowest BCUT2D eigenvalue weighted by Crippen LogP contribution is -2.52. The van der Waals surface area contributed by atoms with Crippen LogP contribution in [-0.2, 0) is 16.6 Å². The van der Waals surface area contributed by atoms with Crippen molar-refractivity contribution in [3.8, 4) is 5.75 Å². The van der Waals surface area contributed by atoms with Gasteiger partial charge in [-0.3, -0.25) is 0 Å². The fourth-order valence-electron chi connectivity index (χ4n) is 4.12. The molecule has 0 saturated carbocycles. The molecule has 5 nitrogen and oxygen atoms in total. The van der Waals surface area contributed by atoms with Crippen molar-refractivity contribution in [2.24, 2.45) is 0 Å². The van der Waals surface area contributed by atoms with Crippen molar-refractivity contribution in [2.45, 2.75) is 44.4 Å². The summed E-state index contributed by atoms with van der Waals surface area (Å²) in [4.78, 5) is 1.38. The largest absolute Gasteiger partial charge is 0.497 e. The summed E-state index contributed by atoms with van der Waals surface area (Å²) >= 11 is 0. The Hall–Kier alpha value is -3.04. The molecule has 0 aliphatic carbocycles. The average Bonchev–Trinajstić information content (AvgIpc) is 2.77. The molecule has 1 N–H and O–H groups in total. The van der Waals surface area contributed by atoms with Crippen molar-refractivity contribution in [1.82, 2.24) is 4.72 Å². The van der Waals surface area contributed by atoms with E-state index in [1.165, 1.54) is 12.0 Å². The number of halogens is 3. The Morgan fingerprint density at radius 2 is 1.51 bits per heavy atom. The summed E-state index contributed by atoms with van der Waals surface area (Å²) in [6, 6.07) is 16.6. The van der Waals surface area contributed by atoms with Gasteiger partial charge in [-0.2, -0.15) is 17.9 Å². The second-order valence-electron chi connectivity index (χ2n) is 8.51. The molecule has 1 atom stereocenters. The average molecular weight is 507 g/mol. The number of methoxy groups -OCH3 is 1. The number of rotatable bonds is 9. The van der Waals surface area contributed by atoms with Gasteiger partial charge in [-0.05, 0) is 61.7 Å². The van der Waals surface area contributed by atoms with Gasteiger partial charge in [0.05, 0.1) is 12.0 Å². The molecule has 0 bridgehead atoms. The molecule has 9 heteroatoms. The minimum Gasteiger partial charge on any atom is -0.497 e. The molecule has 0 spiro atoms. The first-order chi connectivity index (χ1) is 16.4. The molecule has 0 aliphatic rings. The van der Waals surface area contributed by atoms with Crippen LogP contribution in [0.5, 0.6) is 5.75 Å². The molecule has 0 amide bonds. The molecule has 3 rings (SSSR count). The van der Waals surface area contributed by atoms with Gasteiger partial charge in [0, 0.05) is 18.8 Å². The minimum absolute atomic E-state index is 0.128. The molecule has 0 fully saturated rings. The Bertz CT molecular complexity index is 1220. The number of sulfonamides is 1. The van der Waals surface area contributed by atoms with Crippen LogP contribution in [0.4, 0.5) is 18.9 Å². The van der Waals surface area contributed by atoms with Crippen molar-refractivity contribution in [3.63, 3.8) is 0 Å². The summed E-state index contributed by atoms with van der Waals surface area (Å²) in [5.74, 6) is 0.562. The highest BCUT2D eigenvalue weighted by Crippen LogP contribution is 2.29. The van der Waals surface area contributed by atoms with Gasteiger partial charge in [-0.15, -0.1) is 0 Å². The molecule has 0 saturated heterocycles. The zero-order chi connectivity index (χ0) is 25.8. The van der Waals surface area contributed by atoms with Crippen LogP contribution in [0, 0.1) is 20.8 Å². The number of anilines is 1. The third-order valence-corrected chi connectivity index (χ3v) is 7.40. The zero-order valence-corrected chi connectivity index (χ0v) is 20.9. The predicted octanol–water partition coefficient (Wildman–Crippen LogP) is 5.54. The summed E-state index contributed by atoms with van der Waals surface area (Å²) in [7, 11) is -2.95. The summed E-state index contributed by atoms with van der Waals surface area (Å²) in [6.45, 7) is 4.50. The third-order valence-electron chi connectivity index (χ3n) is 5.62. The minimum atomic E-state index is -4.82. The fraction of sp³-hybridized carbons (Fsp3) is 0.308. The highest BCUT2D eigenvalue weighted by Gasteiger charge is 2.44. The van der Waals surface area contributed by atoms with E-state index < -0.39 is 28.8 Å². The topological polar surface area (TPSA) is 58.6 Å². The van der Waals surface area contributed by atoms with Crippen LogP contribution in [0.1, 0.15) is 22.3 Å². The van der Waals surface area contributed by atoms with E-state index >= 15 is 0 Å². The first-order valence-corrected chi connectivity index (χ1v) is 12.5. The Balaban J connectivity index is 1.98. The van der Waals surface area contributed by atoms with Crippen LogP contribution >= 0.6 is 0 Å². The van der Waals surface area contributed by atoms with Gasteiger partial charge >= 0.3 is 6.18 Å². The standard InChI is InChI=1S/C26H29F3N2O3S/c1-18-14-19(2)25(20(3)15-18)35(32,33)30-24(26(27,28)29)17-31(16-21-8-6-5-7-9-21)22-10-12-23(34-4)13-11-22/h5-15,24,30H,16-17H2,1-4H3. The van der Waals surface area contributed by atoms with E-state index in [0.29, 0.717) is 22.6 Å². The van der Waals surface area contributed by atoms with Crippen molar-refractivity contribution in [1.29, 1.82) is 0 Å². The van der Waals surface area contributed by atoms with Crippen LogP contribution < -0.4 is 14.4 Å². The molecular weight excluding hydrogens is 477 g/mol. The van der Waals surface area contributed by atoms with E-state index in [1.807, 2.05) is 22.9 Å². The lowest BCUT2D eigenvalue weighted by Gasteiger charge is -2.31. The van der Waals surface area contributed by atoms with E-state index in [2.05, 4.69) is 0 Å². The Morgan fingerprint density at radius 1 is 0.943 bits per heavy atom. The normalized spacial score (nSPS) is 12.9. The molecule has 3 aromatic carbocycles. The molecular formula is C26H29F3N2O3S. The number of hydrogen-bond acceptors (Lipinski definition) is 4. The maximum absolute atomic E-state index is 14.2. The molecule has 0 aromatic heterocycles. The summed E-state index contributed by atoms with van der Waals surface area (Å²) < 4.78 is 76.0. The number of alkyl halides is 3. The highest BCUT2D eigenvalue weighted by atomic mass is 32.2. The highest BCUT2D eigenvalue weighted by molar-refractivity contribution is 7.89. The Morgan fingerprint density at radius 3 is 2.03 bits per heavy atom. The number of nitrogens with zero attached hydrogens (tertiary/aromatic N) is 1. The van der Waals surface area contributed by atoms with E-state index in [1.54, 1.807) is 69.3 Å². The fourth-order valence-corrected chi connectivity index (χ4v) is 5.79. The lowest BCUT2D eigenvalue weighted by atomic mass is 10.1. The number of aryl methyl sites for hydroxylation is 3. The number of nitrogens with one attached hydrogen (secondary N) is 1. The Kier molecular flexibility index (Phi) is 8.12. The van der Waals surface area contributed by atoms with Crippen molar-refractivity contribution in [2.75, 3.05) is 18.6 Å². The van der Waals surface area contributed by atoms with Gasteiger partial charge in [0.1, 0.15) is 11.8 Å². The molecule has 0 radical (unpaired) electrons. The summed E-state index contributed by atoms with van der Waals surface area (Å²) in [6.07, 6.45) is -4.82. The molecule has 3 aromatic rings. The van der Waals surface area contributed by atoms with Gasteiger partial charge in [0.2, 0.25) is 10.0 Å². The molecule has 35 heavy (non-hydrogen) atoms. The van der Waals surface area contributed by atoms with Crippen LogP contribution in [0.3, 0.4) is 0 Å². The zero-order valence-electron chi connectivity index (χ0n) is 20.1. The van der Waals surface area contributed by atoms with Crippen LogP contribution in [0.25, 0.3) is 0 Å². The van der Waals surface area contributed by atoms with Crippen molar-refractivity contribution in [3.05, 3.63) is 89.0 Å². The van der Waals surface area contributed by atoms with Gasteiger partial charge in [0.25, 0.3) is 0 Å². The first kappa shape index (κ1) is 26.6. The third kappa shape index (κ3) is 6.76. The second kappa shape index (κ2) is 10.7. The maximum Gasteiger partial charge on any atom is 0.406 e. The number of ether oxygens (including phenoxy) is 1. The first-order valence-electron chi connectivity index (χ1n) is 11.0. The van der Waals surface area contributed by atoms with Gasteiger partial charge in [0.15, 0.2) is 0 Å². The molecule has 0 heterocycles. The number of hydrogen-bond donors (Lipinski definition) is 1. The van der Waals surface area contributed by atoms with Crippen molar-refractivity contribution < 1.29 is 26.3 Å². The van der Waals surface area contributed by atoms with Gasteiger partial charge in [-0.25, -0.2) is 8.42 Å². The lowest BCUT2D eigenvalue weighted by molar-refractivity contribution is -0.149. The number of benzene rings is 3. The van der Waals surface area contributed by atoms with Crippen LogP contribution in [-0.4, -0.2) is 34.3 Å². The summed E-state index contributed by atoms with van der Waals surface area (Å²) in [5.41, 5.74) is 2.92. The smallest absolute Gasteiger partial charge is 0.406 e. The summed E-state index contributed by atoms with van der Waals surface area (Å²) in [5, 5.41) is 0. The molecule has 1 unspecified atom stereocenters. The van der Waals surface area contributed by atoms with Gasteiger partial charge in [-0.1, -0.05) is 48.0 Å². The Labute approximate surface area is 204 Å². The quantitative estimate of drug-likeness (QED) is 0.414. The SMILES string of the molecule is COc1ccc(N(Cc2ccccc2)CC(NS(=O)(=O)c2c(C)cc(C)cc2C)C(F)(F)F)cc1. The predicted molar refractivity (Wildman–Crippen MR) is 131 cm³/mol. The molecule has 0 aliphatic heterocycles.